The van der Waals surface area contributed by atoms with Crippen LogP contribution in [0.3, 0.4) is 0 Å². The van der Waals surface area contributed by atoms with Crippen molar-refractivity contribution in [3.05, 3.63) is 6.92 Å². The molecule has 0 saturated heterocycles. The number of hydrogen-bond acceptors (Lipinski definition) is 2. The molecule has 0 bridgehead atoms. The van der Waals surface area contributed by atoms with Crippen molar-refractivity contribution in [1.29, 1.82) is 0 Å². The molecule has 0 aliphatic carbocycles. The molecular formula is C10H23N2. The zero-order valence-corrected chi connectivity index (χ0v) is 8.36. The van der Waals surface area contributed by atoms with Crippen LogP contribution in [0.4, 0.5) is 0 Å². The van der Waals surface area contributed by atoms with E-state index in [1.165, 1.54) is 19.3 Å². The summed E-state index contributed by atoms with van der Waals surface area (Å²) in [6.07, 6.45) is 4.82. The summed E-state index contributed by atoms with van der Waals surface area (Å²) in [7, 11) is 0. The molecule has 0 amide bonds. The van der Waals surface area contributed by atoms with Gasteiger partial charge < -0.3 is 10.6 Å². The van der Waals surface area contributed by atoms with Crippen molar-refractivity contribution < 1.29 is 0 Å². The van der Waals surface area contributed by atoms with Crippen molar-refractivity contribution in [3.63, 3.8) is 0 Å². The highest BCUT2D eigenvalue weighted by Gasteiger charge is 1.87. The van der Waals surface area contributed by atoms with E-state index in [0.29, 0.717) is 0 Å². The van der Waals surface area contributed by atoms with Crippen LogP contribution in [-0.4, -0.2) is 26.2 Å². The largest absolute Gasteiger partial charge is 0.317 e. The molecule has 0 fully saturated rings. The molecule has 0 aromatic rings. The van der Waals surface area contributed by atoms with E-state index in [4.69, 9.17) is 0 Å². The van der Waals surface area contributed by atoms with Crippen molar-refractivity contribution in [2.45, 2.75) is 32.6 Å². The minimum atomic E-state index is 1.07. The van der Waals surface area contributed by atoms with E-state index in [1.807, 2.05) is 0 Å². The first-order chi connectivity index (χ1) is 5.91. The maximum Gasteiger partial charge on any atom is -0.00368 e. The van der Waals surface area contributed by atoms with Gasteiger partial charge in [-0.05, 0) is 39.0 Å². The number of nitrogens with one attached hydrogen (secondary N) is 2. The Labute approximate surface area is 77.1 Å². The molecule has 12 heavy (non-hydrogen) atoms. The Balaban J connectivity index is 2.73. The molecule has 0 aliphatic rings. The summed E-state index contributed by atoms with van der Waals surface area (Å²) in [6, 6.07) is 0. The van der Waals surface area contributed by atoms with Crippen molar-refractivity contribution in [2.75, 3.05) is 26.2 Å². The minimum absolute atomic E-state index is 1.07. The maximum atomic E-state index is 3.81. The fraction of sp³-hybridized carbons (Fsp3) is 0.900. The standard InChI is InChI=1S/C10H23N2/c1-3-5-6-8-12-10-7-9-11-4-2/h11-12H,1,3-10H2,2H3. The molecule has 0 spiro atoms. The quantitative estimate of drug-likeness (QED) is 0.515. The molecule has 0 rings (SSSR count). The Morgan fingerprint density at radius 3 is 2.25 bits per heavy atom. The zero-order chi connectivity index (χ0) is 9.07. The number of hydrogen-bond donors (Lipinski definition) is 2. The van der Waals surface area contributed by atoms with Crippen LogP contribution >= 0.6 is 0 Å². The van der Waals surface area contributed by atoms with Crippen LogP contribution in [0.25, 0.3) is 0 Å². The molecule has 0 aromatic carbocycles. The molecule has 0 saturated carbocycles. The van der Waals surface area contributed by atoms with Crippen LogP contribution in [-0.2, 0) is 0 Å². The van der Waals surface area contributed by atoms with Crippen molar-refractivity contribution in [1.82, 2.24) is 10.6 Å². The van der Waals surface area contributed by atoms with E-state index in [2.05, 4.69) is 24.5 Å². The number of unbranched alkanes of at least 4 members (excludes halogenated alkanes) is 2. The van der Waals surface area contributed by atoms with Gasteiger partial charge in [0.05, 0.1) is 0 Å². The first-order valence-corrected chi connectivity index (χ1v) is 5.12. The molecule has 0 aliphatic heterocycles. The number of rotatable bonds is 9. The third-order valence-corrected chi connectivity index (χ3v) is 1.81. The van der Waals surface area contributed by atoms with Gasteiger partial charge in [0, 0.05) is 0 Å². The lowest BCUT2D eigenvalue weighted by atomic mass is 10.2. The second kappa shape index (κ2) is 10.9. The van der Waals surface area contributed by atoms with Crippen LogP contribution < -0.4 is 10.6 Å². The summed E-state index contributed by atoms with van der Waals surface area (Å²) in [4.78, 5) is 0. The maximum absolute atomic E-state index is 3.81. The van der Waals surface area contributed by atoms with Crippen molar-refractivity contribution in [3.8, 4) is 0 Å². The van der Waals surface area contributed by atoms with Gasteiger partial charge in [-0.25, -0.2) is 0 Å². The fourth-order valence-corrected chi connectivity index (χ4v) is 1.07. The fourth-order valence-electron chi connectivity index (χ4n) is 1.07. The minimum Gasteiger partial charge on any atom is -0.317 e. The van der Waals surface area contributed by atoms with Crippen molar-refractivity contribution >= 4 is 0 Å². The van der Waals surface area contributed by atoms with Gasteiger partial charge in [-0.2, -0.15) is 0 Å². The Morgan fingerprint density at radius 1 is 0.917 bits per heavy atom. The second-order valence-electron chi connectivity index (χ2n) is 3.02. The van der Waals surface area contributed by atoms with Gasteiger partial charge in [-0.1, -0.05) is 26.7 Å². The van der Waals surface area contributed by atoms with Crippen LogP contribution in [0.2, 0.25) is 0 Å². The van der Waals surface area contributed by atoms with Gasteiger partial charge in [-0.15, -0.1) is 0 Å². The predicted molar refractivity (Wildman–Crippen MR) is 55.2 cm³/mol. The second-order valence-corrected chi connectivity index (χ2v) is 3.02. The normalized spacial score (nSPS) is 10.5. The Morgan fingerprint density at radius 2 is 1.58 bits per heavy atom. The van der Waals surface area contributed by atoms with E-state index >= 15 is 0 Å². The molecule has 2 nitrogen and oxygen atoms in total. The third kappa shape index (κ3) is 9.92. The lowest BCUT2D eigenvalue weighted by molar-refractivity contribution is 0.583. The first-order valence-electron chi connectivity index (χ1n) is 5.12. The van der Waals surface area contributed by atoms with Crippen LogP contribution in [0.5, 0.6) is 0 Å². The summed E-state index contributed by atoms with van der Waals surface area (Å²) >= 11 is 0. The Bertz CT molecular complexity index is 64.2. The topological polar surface area (TPSA) is 24.1 Å². The average Bonchev–Trinajstić information content (AvgIpc) is 2.10. The average molecular weight is 171 g/mol. The summed E-state index contributed by atoms with van der Waals surface area (Å²) < 4.78 is 0. The van der Waals surface area contributed by atoms with Gasteiger partial charge >= 0.3 is 0 Å². The molecule has 1 radical (unpaired) electrons. The monoisotopic (exact) mass is 171 g/mol. The third-order valence-electron chi connectivity index (χ3n) is 1.81. The van der Waals surface area contributed by atoms with E-state index in [-0.39, 0.29) is 0 Å². The summed E-state index contributed by atoms with van der Waals surface area (Å²) in [5, 5.41) is 6.71. The highest BCUT2D eigenvalue weighted by Crippen LogP contribution is 1.90. The zero-order valence-electron chi connectivity index (χ0n) is 8.36. The predicted octanol–water partition coefficient (Wildman–Crippen LogP) is 1.58. The molecular weight excluding hydrogens is 148 g/mol. The molecule has 0 aromatic heterocycles. The summed E-state index contributed by atoms with van der Waals surface area (Å²) in [5.74, 6) is 0. The van der Waals surface area contributed by atoms with Crippen LogP contribution in [0, 0.1) is 6.92 Å². The molecule has 0 unspecified atom stereocenters. The van der Waals surface area contributed by atoms with E-state index in [0.717, 1.165) is 32.6 Å². The molecule has 0 atom stereocenters. The smallest absolute Gasteiger partial charge is 0.00368 e. The highest BCUT2D eigenvalue weighted by molar-refractivity contribution is 4.51. The summed E-state index contributed by atoms with van der Waals surface area (Å²) in [6.45, 7) is 10.5. The van der Waals surface area contributed by atoms with Crippen molar-refractivity contribution in [2.24, 2.45) is 0 Å². The highest BCUT2D eigenvalue weighted by atomic mass is 14.9. The molecule has 73 valence electrons. The summed E-state index contributed by atoms with van der Waals surface area (Å²) in [5.41, 5.74) is 0. The molecule has 0 heterocycles. The van der Waals surface area contributed by atoms with Gasteiger partial charge in [0.2, 0.25) is 0 Å². The van der Waals surface area contributed by atoms with E-state index < -0.39 is 0 Å². The van der Waals surface area contributed by atoms with Gasteiger partial charge in [0.15, 0.2) is 0 Å². The van der Waals surface area contributed by atoms with Gasteiger partial charge in [0.25, 0.3) is 0 Å². The van der Waals surface area contributed by atoms with E-state index in [1.54, 1.807) is 0 Å². The van der Waals surface area contributed by atoms with Gasteiger partial charge in [-0.3, -0.25) is 0 Å². The van der Waals surface area contributed by atoms with Crippen LogP contribution in [0.15, 0.2) is 0 Å². The lowest BCUT2D eigenvalue weighted by Gasteiger charge is -2.03. The Hall–Kier alpha value is -0.0800. The van der Waals surface area contributed by atoms with Crippen LogP contribution in [0.1, 0.15) is 32.6 Å². The SMILES string of the molecule is [CH2]CCCCNCCCNCC. The van der Waals surface area contributed by atoms with E-state index in [9.17, 15) is 0 Å². The van der Waals surface area contributed by atoms with Gasteiger partial charge in [0.1, 0.15) is 0 Å². The lowest BCUT2D eigenvalue weighted by Crippen LogP contribution is -2.22. The Kier molecular flexibility index (Phi) is 10.8. The first kappa shape index (κ1) is 11.9. The molecule has 2 N–H and O–H groups in total. The molecule has 2 heteroatoms.